The molecule has 0 aliphatic rings. The molecule has 4 aromatic carbocycles. The second kappa shape index (κ2) is 15.5. The molecule has 0 saturated carbocycles. The van der Waals surface area contributed by atoms with Gasteiger partial charge in [-0.3, -0.25) is 13.9 Å². The molecule has 0 heterocycles. The third-order valence-corrected chi connectivity index (χ3v) is 9.78. The van der Waals surface area contributed by atoms with Gasteiger partial charge in [-0.2, -0.15) is 0 Å². The maximum Gasteiger partial charge on any atom is 0.264 e. The standard InChI is InChI=1S/C39H47N3O5S/c1-28(2)32-18-20-33(21-19-32)42(48(45,46)35-22-16-29(3)17-23-35)27-37(43)41(26-31-14-11-15-34(24-31)47-7)36(38(44)40-39(4,5)6)25-30-12-9-8-10-13-30/h8-24,28,36H,25-27H2,1-7H3,(H,40,44)/t36-/m1/s1. The summed E-state index contributed by atoms with van der Waals surface area (Å²) < 4.78 is 35.2. The Morgan fingerprint density at radius 1 is 0.833 bits per heavy atom. The number of amides is 2. The van der Waals surface area contributed by atoms with E-state index in [9.17, 15) is 18.0 Å². The van der Waals surface area contributed by atoms with Gasteiger partial charge in [0.25, 0.3) is 10.0 Å². The van der Waals surface area contributed by atoms with Crippen LogP contribution in [-0.2, 0) is 32.6 Å². The molecule has 0 bridgehead atoms. The number of hydrogen-bond acceptors (Lipinski definition) is 5. The lowest BCUT2D eigenvalue weighted by molar-refractivity contribution is -0.140. The lowest BCUT2D eigenvalue weighted by atomic mass is 10.0. The first-order valence-electron chi connectivity index (χ1n) is 16.2. The summed E-state index contributed by atoms with van der Waals surface area (Å²) in [6.07, 6.45) is 0.228. The average molecular weight is 670 g/mol. The normalized spacial score (nSPS) is 12.3. The average Bonchev–Trinajstić information content (AvgIpc) is 3.05. The number of carbonyl (C=O) groups is 2. The molecule has 1 atom stereocenters. The first-order valence-corrected chi connectivity index (χ1v) is 17.6. The fourth-order valence-corrected chi connectivity index (χ4v) is 6.78. The van der Waals surface area contributed by atoms with Crippen molar-refractivity contribution in [2.45, 2.75) is 76.9 Å². The van der Waals surface area contributed by atoms with Gasteiger partial charge in [0.1, 0.15) is 18.3 Å². The van der Waals surface area contributed by atoms with Crippen molar-refractivity contribution >= 4 is 27.5 Å². The van der Waals surface area contributed by atoms with E-state index in [0.717, 1.165) is 26.6 Å². The van der Waals surface area contributed by atoms with Crippen molar-refractivity contribution in [3.8, 4) is 5.75 Å². The summed E-state index contributed by atoms with van der Waals surface area (Å²) in [7, 11) is -2.62. The first kappa shape index (κ1) is 36.2. The van der Waals surface area contributed by atoms with Gasteiger partial charge in [-0.05, 0) is 86.7 Å². The molecule has 9 heteroatoms. The minimum Gasteiger partial charge on any atom is -0.497 e. The molecule has 0 radical (unpaired) electrons. The minimum absolute atomic E-state index is 0.0514. The molecule has 0 aromatic heterocycles. The van der Waals surface area contributed by atoms with Crippen LogP contribution < -0.4 is 14.4 Å². The fourth-order valence-electron chi connectivity index (χ4n) is 5.37. The van der Waals surface area contributed by atoms with E-state index in [4.69, 9.17) is 4.74 Å². The van der Waals surface area contributed by atoms with Crippen molar-refractivity contribution < 1.29 is 22.7 Å². The summed E-state index contributed by atoms with van der Waals surface area (Å²) in [5, 5.41) is 3.06. The smallest absolute Gasteiger partial charge is 0.264 e. The predicted octanol–water partition coefficient (Wildman–Crippen LogP) is 6.88. The van der Waals surface area contributed by atoms with Crippen LogP contribution in [0.5, 0.6) is 5.75 Å². The van der Waals surface area contributed by atoms with Crippen LogP contribution >= 0.6 is 0 Å². The maximum absolute atomic E-state index is 14.7. The van der Waals surface area contributed by atoms with E-state index in [1.165, 1.54) is 4.90 Å². The highest BCUT2D eigenvalue weighted by atomic mass is 32.2. The molecule has 0 aliphatic carbocycles. The van der Waals surface area contributed by atoms with E-state index < -0.39 is 34.1 Å². The number of nitrogens with one attached hydrogen (secondary N) is 1. The van der Waals surface area contributed by atoms with E-state index in [0.29, 0.717) is 11.4 Å². The lowest BCUT2D eigenvalue weighted by Gasteiger charge is -2.35. The van der Waals surface area contributed by atoms with E-state index >= 15 is 0 Å². The van der Waals surface area contributed by atoms with E-state index in [-0.39, 0.29) is 29.7 Å². The van der Waals surface area contributed by atoms with Gasteiger partial charge < -0.3 is 15.0 Å². The zero-order valence-electron chi connectivity index (χ0n) is 28.9. The largest absolute Gasteiger partial charge is 0.497 e. The van der Waals surface area contributed by atoms with Gasteiger partial charge in [0.2, 0.25) is 11.8 Å². The molecule has 48 heavy (non-hydrogen) atoms. The molecule has 0 unspecified atom stereocenters. The van der Waals surface area contributed by atoms with Gasteiger partial charge in [-0.25, -0.2) is 8.42 Å². The number of methoxy groups -OCH3 is 1. The Morgan fingerprint density at radius 3 is 2.04 bits per heavy atom. The van der Waals surface area contributed by atoms with Gasteiger partial charge in [0.05, 0.1) is 17.7 Å². The van der Waals surface area contributed by atoms with Crippen LogP contribution in [0.25, 0.3) is 0 Å². The summed E-state index contributed by atoms with van der Waals surface area (Å²) in [6, 6.07) is 29.6. The Morgan fingerprint density at radius 2 is 1.46 bits per heavy atom. The molecule has 254 valence electrons. The van der Waals surface area contributed by atoms with Gasteiger partial charge in [0, 0.05) is 18.5 Å². The molecule has 4 rings (SSSR count). The number of rotatable bonds is 13. The van der Waals surface area contributed by atoms with Crippen molar-refractivity contribution in [3.63, 3.8) is 0 Å². The van der Waals surface area contributed by atoms with Gasteiger partial charge in [0.15, 0.2) is 0 Å². The summed E-state index contributed by atoms with van der Waals surface area (Å²) >= 11 is 0. The Kier molecular flexibility index (Phi) is 11.7. The van der Waals surface area contributed by atoms with Crippen molar-refractivity contribution in [1.82, 2.24) is 10.2 Å². The van der Waals surface area contributed by atoms with Crippen LogP contribution in [0.1, 0.15) is 62.8 Å². The molecule has 2 amide bonds. The molecular weight excluding hydrogens is 623 g/mol. The quantitative estimate of drug-likeness (QED) is 0.168. The molecule has 1 N–H and O–H groups in total. The predicted molar refractivity (Wildman–Crippen MR) is 192 cm³/mol. The van der Waals surface area contributed by atoms with Crippen molar-refractivity contribution in [3.05, 3.63) is 125 Å². The summed E-state index contributed by atoms with van der Waals surface area (Å²) in [4.78, 5) is 30.3. The van der Waals surface area contributed by atoms with Crippen LogP contribution in [0.3, 0.4) is 0 Å². The molecular formula is C39H47N3O5S. The highest BCUT2D eigenvalue weighted by molar-refractivity contribution is 7.92. The van der Waals surface area contributed by atoms with Crippen molar-refractivity contribution in [2.24, 2.45) is 0 Å². The van der Waals surface area contributed by atoms with Gasteiger partial charge >= 0.3 is 0 Å². The lowest BCUT2D eigenvalue weighted by Crippen LogP contribution is -2.56. The van der Waals surface area contributed by atoms with Crippen LogP contribution in [0.4, 0.5) is 5.69 Å². The first-order chi connectivity index (χ1) is 22.7. The number of sulfonamides is 1. The number of carbonyl (C=O) groups excluding carboxylic acids is 2. The van der Waals surface area contributed by atoms with Gasteiger partial charge in [-0.1, -0.05) is 86.1 Å². The molecule has 4 aromatic rings. The minimum atomic E-state index is -4.18. The van der Waals surface area contributed by atoms with Crippen LogP contribution in [0.15, 0.2) is 108 Å². The number of aryl methyl sites for hydroxylation is 1. The van der Waals surface area contributed by atoms with E-state index in [1.807, 2.05) is 88.4 Å². The third kappa shape index (κ3) is 9.47. The molecule has 0 aliphatic heterocycles. The van der Waals surface area contributed by atoms with Crippen LogP contribution in [-0.4, -0.2) is 50.4 Å². The summed E-state index contributed by atoms with van der Waals surface area (Å²) in [5.41, 5.74) is 3.33. The van der Waals surface area contributed by atoms with Crippen molar-refractivity contribution in [2.75, 3.05) is 18.0 Å². The van der Waals surface area contributed by atoms with Crippen LogP contribution in [0.2, 0.25) is 0 Å². The van der Waals surface area contributed by atoms with Crippen LogP contribution in [0, 0.1) is 6.92 Å². The number of anilines is 1. The number of nitrogens with zero attached hydrogens (tertiary/aromatic N) is 2. The highest BCUT2D eigenvalue weighted by Crippen LogP contribution is 2.27. The fraction of sp³-hybridized carbons (Fsp3) is 0.333. The Labute approximate surface area is 285 Å². The summed E-state index contributed by atoms with van der Waals surface area (Å²) in [6.45, 7) is 11.2. The third-order valence-electron chi connectivity index (χ3n) is 7.99. The zero-order chi connectivity index (χ0) is 35.1. The Balaban J connectivity index is 1.84. The monoisotopic (exact) mass is 669 g/mol. The molecule has 0 fully saturated rings. The van der Waals surface area contributed by atoms with Gasteiger partial charge in [-0.15, -0.1) is 0 Å². The highest BCUT2D eigenvalue weighted by Gasteiger charge is 2.35. The SMILES string of the molecule is COc1cccc(CN(C(=O)CN(c2ccc(C(C)C)cc2)S(=O)(=O)c2ccc(C)cc2)[C@H](Cc2ccccc2)C(=O)NC(C)(C)C)c1. The molecule has 8 nitrogen and oxygen atoms in total. The maximum atomic E-state index is 14.7. The Bertz CT molecular complexity index is 1780. The summed E-state index contributed by atoms with van der Waals surface area (Å²) in [5.74, 6) is -0.0167. The Hall–Kier alpha value is -4.63. The molecule has 0 spiro atoms. The number of benzene rings is 4. The second-order valence-corrected chi connectivity index (χ2v) is 15.3. The topological polar surface area (TPSA) is 96.0 Å². The van der Waals surface area contributed by atoms with Crippen molar-refractivity contribution in [1.29, 1.82) is 0 Å². The van der Waals surface area contributed by atoms with E-state index in [1.54, 1.807) is 49.6 Å². The zero-order valence-corrected chi connectivity index (χ0v) is 29.8. The molecule has 0 saturated heterocycles. The second-order valence-electron chi connectivity index (χ2n) is 13.4. The number of ether oxygens (including phenoxy) is 1. The number of hydrogen-bond donors (Lipinski definition) is 1. The van der Waals surface area contributed by atoms with E-state index in [2.05, 4.69) is 19.2 Å².